The van der Waals surface area contributed by atoms with Crippen molar-refractivity contribution < 1.29 is 19.1 Å². The Morgan fingerprint density at radius 3 is 2.76 bits per heavy atom. The van der Waals surface area contributed by atoms with E-state index in [4.69, 9.17) is 5.11 Å². The molecule has 1 unspecified atom stereocenters. The molecule has 0 aromatic heterocycles. The molecule has 1 aromatic carbocycles. The van der Waals surface area contributed by atoms with Crippen molar-refractivity contribution in [1.82, 2.24) is 10.2 Å². The lowest BCUT2D eigenvalue weighted by molar-refractivity contribution is -0.141. The van der Waals surface area contributed by atoms with Gasteiger partial charge in [-0.2, -0.15) is 0 Å². The number of amides is 2. The third-order valence-electron chi connectivity index (χ3n) is 2.99. The first-order chi connectivity index (χ1) is 9.81. The van der Waals surface area contributed by atoms with Crippen LogP contribution in [0.3, 0.4) is 0 Å². The Morgan fingerprint density at radius 1 is 1.48 bits per heavy atom. The van der Waals surface area contributed by atoms with Gasteiger partial charge in [0, 0.05) is 24.6 Å². The second-order valence-corrected chi connectivity index (χ2v) is 5.75. The lowest BCUT2D eigenvalue weighted by Gasteiger charge is -2.20. The van der Waals surface area contributed by atoms with Gasteiger partial charge in [-0.3, -0.25) is 4.79 Å². The second-order valence-electron chi connectivity index (χ2n) is 4.84. The number of benzene rings is 1. The van der Waals surface area contributed by atoms with Gasteiger partial charge in [0.1, 0.15) is 5.82 Å². The van der Waals surface area contributed by atoms with Crippen LogP contribution in [0.2, 0.25) is 0 Å². The van der Waals surface area contributed by atoms with E-state index in [1.807, 2.05) is 0 Å². The van der Waals surface area contributed by atoms with E-state index >= 15 is 0 Å². The van der Waals surface area contributed by atoms with E-state index in [9.17, 15) is 14.0 Å². The third-order valence-corrected chi connectivity index (χ3v) is 3.49. The molecule has 1 aromatic rings. The molecule has 0 aliphatic carbocycles. The van der Waals surface area contributed by atoms with E-state index in [1.54, 1.807) is 12.1 Å². The molecule has 5 nitrogen and oxygen atoms in total. The molecule has 21 heavy (non-hydrogen) atoms. The number of urea groups is 1. The predicted molar refractivity (Wildman–Crippen MR) is 80.6 cm³/mol. The molecule has 0 fully saturated rings. The Balaban J connectivity index is 2.43. The van der Waals surface area contributed by atoms with Crippen LogP contribution in [-0.2, 0) is 11.2 Å². The van der Waals surface area contributed by atoms with Crippen molar-refractivity contribution in [3.05, 3.63) is 34.1 Å². The van der Waals surface area contributed by atoms with Crippen molar-refractivity contribution in [3.8, 4) is 0 Å². The lowest BCUT2D eigenvalue weighted by atomic mass is 10.1. The quantitative estimate of drug-likeness (QED) is 0.818. The molecule has 0 radical (unpaired) electrons. The Labute approximate surface area is 131 Å². The van der Waals surface area contributed by atoms with Gasteiger partial charge in [-0.25, -0.2) is 9.18 Å². The Morgan fingerprint density at radius 2 is 2.14 bits per heavy atom. The van der Waals surface area contributed by atoms with Crippen LogP contribution in [-0.4, -0.2) is 42.1 Å². The number of hydrogen-bond acceptors (Lipinski definition) is 2. The van der Waals surface area contributed by atoms with Crippen LogP contribution in [0.25, 0.3) is 0 Å². The van der Waals surface area contributed by atoms with Crippen LogP contribution in [0.5, 0.6) is 0 Å². The first-order valence-electron chi connectivity index (χ1n) is 6.47. The number of nitrogens with one attached hydrogen (secondary N) is 1. The zero-order chi connectivity index (χ0) is 16.0. The van der Waals surface area contributed by atoms with Gasteiger partial charge in [0.15, 0.2) is 0 Å². The third kappa shape index (κ3) is 5.71. The summed E-state index contributed by atoms with van der Waals surface area (Å²) in [6, 6.07) is 4.26. The molecule has 0 saturated heterocycles. The van der Waals surface area contributed by atoms with Gasteiger partial charge in [0.2, 0.25) is 0 Å². The van der Waals surface area contributed by atoms with Gasteiger partial charge >= 0.3 is 12.0 Å². The Kier molecular flexibility index (Phi) is 6.61. The fourth-order valence-corrected chi connectivity index (χ4v) is 2.15. The molecule has 0 saturated carbocycles. The molecule has 0 spiro atoms. The maximum Gasteiger partial charge on any atom is 0.317 e. The summed E-state index contributed by atoms with van der Waals surface area (Å²) >= 11 is 3.26. The highest BCUT2D eigenvalue weighted by Gasteiger charge is 2.17. The van der Waals surface area contributed by atoms with E-state index in [0.29, 0.717) is 12.0 Å². The maximum absolute atomic E-state index is 13.5. The summed E-state index contributed by atoms with van der Waals surface area (Å²) in [5.74, 6) is -1.91. The molecule has 1 atom stereocenters. The van der Waals surface area contributed by atoms with Crippen molar-refractivity contribution in [2.45, 2.75) is 13.3 Å². The zero-order valence-corrected chi connectivity index (χ0v) is 13.5. The van der Waals surface area contributed by atoms with Crippen LogP contribution in [0.4, 0.5) is 9.18 Å². The number of halogens is 2. The van der Waals surface area contributed by atoms with Gasteiger partial charge in [0.05, 0.1) is 5.92 Å². The molecular weight excluding hydrogens is 343 g/mol. The van der Waals surface area contributed by atoms with Gasteiger partial charge in [-0.15, -0.1) is 0 Å². The zero-order valence-electron chi connectivity index (χ0n) is 11.9. The number of aliphatic carboxylic acids is 1. The fraction of sp³-hybridized carbons (Fsp3) is 0.429. The number of hydrogen-bond donors (Lipinski definition) is 2. The van der Waals surface area contributed by atoms with E-state index in [-0.39, 0.29) is 24.9 Å². The molecule has 2 N–H and O–H groups in total. The molecule has 116 valence electrons. The number of rotatable bonds is 6. The summed E-state index contributed by atoms with van der Waals surface area (Å²) < 4.78 is 14.3. The minimum absolute atomic E-state index is 0.117. The van der Waals surface area contributed by atoms with Crippen molar-refractivity contribution in [3.63, 3.8) is 0 Å². The standard InChI is InChI=1S/C14H18BrFN2O3/c1-9(13(19)20)8-18(2)14(21)17-6-5-10-7-11(15)3-4-12(10)16/h3-4,7,9H,5-6,8H2,1-2H3,(H,17,21)(H,19,20). The summed E-state index contributed by atoms with van der Waals surface area (Å²) in [7, 11) is 1.52. The molecule has 0 bridgehead atoms. The normalized spacial score (nSPS) is 11.8. The molecule has 0 aliphatic rings. The predicted octanol–water partition coefficient (Wildman–Crippen LogP) is 2.49. The van der Waals surface area contributed by atoms with Gasteiger partial charge in [-0.1, -0.05) is 22.9 Å². The number of carbonyl (C=O) groups excluding carboxylic acids is 1. The van der Waals surface area contributed by atoms with Crippen LogP contribution in [0, 0.1) is 11.7 Å². The van der Waals surface area contributed by atoms with Crippen LogP contribution in [0.1, 0.15) is 12.5 Å². The fourth-order valence-electron chi connectivity index (χ4n) is 1.75. The van der Waals surface area contributed by atoms with Crippen molar-refractivity contribution >= 4 is 27.9 Å². The highest BCUT2D eigenvalue weighted by Crippen LogP contribution is 2.15. The molecule has 1 rings (SSSR count). The molecular formula is C14H18BrFN2O3. The van der Waals surface area contributed by atoms with Gasteiger partial charge in [-0.05, 0) is 30.2 Å². The summed E-state index contributed by atoms with van der Waals surface area (Å²) in [5, 5.41) is 11.4. The average Bonchev–Trinajstić information content (AvgIpc) is 2.42. The monoisotopic (exact) mass is 360 g/mol. The highest BCUT2D eigenvalue weighted by molar-refractivity contribution is 9.10. The van der Waals surface area contributed by atoms with Crippen LogP contribution in [0.15, 0.2) is 22.7 Å². The summed E-state index contributed by atoms with van der Waals surface area (Å²) in [6.07, 6.45) is 0.360. The van der Waals surface area contributed by atoms with Gasteiger partial charge < -0.3 is 15.3 Å². The summed E-state index contributed by atoms with van der Waals surface area (Å²) in [5.41, 5.74) is 0.506. The highest BCUT2D eigenvalue weighted by atomic mass is 79.9. The lowest BCUT2D eigenvalue weighted by Crippen LogP contribution is -2.41. The molecule has 7 heteroatoms. The van der Waals surface area contributed by atoms with E-state index < -0.39 is 11.9 Å². The summed E-state index contributed by atoms with van der Waals surface area (Å²) in [6.45, 7) is 1.92. The first-order valence-corrected chi connectivity index (χ1v) is 7.26. The number of carboxylic acid groups (broad SMARTS) is 1. The number of nitrogens with zero attached hydrogens (tertiary/aromatic N) is 1. The van der Waals surface area contributed by atoms with Crippen molar-refractivity contribution in [2.75, 3.05) is 20.1 Å². The number of carbonyl (C=O) groups is 2. The summed E-state index contributed by atoms with van der Waals surface area (Å²) in [4.78, 5) is 23.8. The van der Waals surface area contributed by atoms with Crippen molar-refractivity contribution in [2.24, 2.45) is 5.92 Å². The van der Waals surface area contributed by atoms with E-state index in [0.717, 1.165) is 4.47 Å². The first kappa shape index (κ1) is 17.4. The minimum Gasteiger partial charge on any atom is -0.481 e. The largest absolute Gasteiger partial charge is 0.481 e. The Bertz CT molecular complexity index is 525. The molecule has 2 amide bonds. The van der Waals surface area contributed by atoms with Gasteiger partial charge in [0.25, 0.3) is 0 Å². The second kappa shape index (κ2) is 7.97. The average molecular weight is 361 g/mol. The number of carboxylic acids is 1. The maximum atomic E-state index is 13.5. The van der Waals surface area contributed by atoms with Crippen LogP contribution >= 0.6 is 15.9 Å². The van der Waals surface area contributed by atoms with Crippen LogP contribution < -0.4 is 5.32 Å². The topological polar surface area (TPSA) is 69.6 Å². The SMILES string of the molecule is CC(CN(C)C(=O)NCCc1cc(Br)ccc1F)C(=O)O. The van der Waals surface area contributed by atoms with Crippen molar-refractivity contribution in [1.29, 1.82) is 0 Å². The Hall–Kier alpha value is -1.63. The van der Waals surface area contributed by atoms with E-state index in [2.05, 4.69) is 21.2 Å². The van der Waals surface area contributed by atoms with E-state index in [1.165, 1.54) is 24.9 Å². The smallest absolute Gasteiger partial charge is 0.317 e. The molecule has 0 heterocycles. The minimum atomic E-state index is -0.953. The molecule has 0 aliphatic heterocycles.